The predicted molar refractivity (Wildman–Crippen MR) is 170 cm³/mol. The summed E-state index contributed by atoms with van der Waals surface area (Å²) in [6.07, 6.45) is -2.06. The number of carbonyl (C=O) groups is 1. The molecule has 2 unspecified atom stereocenters. The highest BCUT2D eigenvalue weighted by Gasteiger charge is 2.38. The van der Waals surface area contributed by atoms with Gasteiger partial charge < -0.3 is 38.5 Å². The number of amides is 1. The second kappa shape index (κ2) is 12.0. The van der Waals surface area contributed by atoms with E-state index in [1.54, 1.807) is 30.3 Å². The van der Waals surface area contributed by atoms with Crippen LogP contribution >= 0.6 is 0 Å². The number of sulfonamides is 1. The number of phenols is 3. The number of methoxy groups -OCH3 is 1. The number of aromatic nitrogens is 1. The normalized spacial score (nSPS) is 15.5. The average Bonchev–Trinajstić information content (AvgIpc) is 3.58. The van der Waals surface area contributed by atoms with Crippen molar-refractivity contribution in [2.75, 3.05) is 7.11 Å². The van der Waals surface area contributed by atoms with Gasteiger partial charge in [0.1, 0.15) is 33.9 Å². The first-order valence-electron chi connectivity index (χ1n) is 14.4. The van der Waals surface area contributed by atoms with E-state index in [0.29, 0.717) is 11.1 Å². The molecule has 3 heterocycles. The molecule has 0 saturated heterocycles. The maximum atomic E-state index is 12.9. The van der Waals surface area contributed by atoms with Gasteiger partial charge in [0.25, 0.3) is 10.0 Å². The molecule has 2 atom stereocenters. The van der Waals surface area contributed by atoms with E-state index < -0.39 is 45.1 Å². The minimum absolute atomic E-state index is 0.0357. The van der Waals surface area contributed by atoms with Crippen molar-refractivity contribution in [3.63, 3.8) is 0 Å². The van der Waals surface area contributed by atoms with Crippen molar-refractivity contribution in [3.05, 3.63) is 118 Å². The fourth-order valence-electron chi connectivity index (χ4n) is 5.33. The summed E-state index contributed by atoms with van der Waals surface area (Å²) in [6, 6.07) is 21.2. The molecule has 0 spiro atoms. The SMILES string of the molecule is COc1cc(C2Oc3cc(-c4cc(=O)c5c(O)cc(O)cc5o4)ccc3OC2c2cc(C(=O)NS(=O)(=O)c3ccccc3)on2)ccc1O. The van der Waals surface area contributed by atoms with E-state index in [1.165, 1.54) is 61.7 Å². The number of hydrogen-bond donors (Lipinski definition) is 4. The van der Waals surface area contributed by atoms with Crippen LogP contribution in [0.4, 0.5) is 0 Å². The smallest absolute Gasteiger partial charge is 0.303 e. The van der Waals surface area contributed by atoms with E-state index in [1.807, 2.05) is 4.72 Å². The first-order valence-corrected chi connectivity index (χ1v) is 15.9. The molecule has 4 aromatic carbocycles. The molecule has 0 radical (unpaired) electrons. The molecule has 6 aromatic rings. The minimum atomic E-state index is -4.21. The van der Waals surface area contributed by atoms with Gasteiger partial charge in [-0.25, -0.2) is 13.1 Å². The number of ether oxygens (including phenoxy) is 3. The van der Waals surface area contributed by atoms with Crippen LogP contribution in [0.5, 0.6) is 34.5 Å². The Morgan fingerprint density at radius 3 is 2.41 bits per heavy atom. The van der Waals surface area contributed by atoms with E-state index in [2.05, 4.69) is 5.16 Å². The summed E-state index contributed by atoms with van der Waals surface area (Å²) in [5, 5.41) is 34.2. The number of aromatic hydroxyl groups is 3. The van der Waals surface area contributed by atoms with Gasteiger partial charge in [0.2, 0.25) is 5.76 Å². The molecule has 1 aliphatic heterocycles. The third-order valence-corrected chi connectivity index (χ3v) is 9.01. The molecule has 14 nitrogen and oxygen atoms in total. The molecular formula is C34H24N2O12S. The minimum Gasteiger partial charge on any atom is -0.508 e. The van der Waals surface area contributed by atoms with Crippen LogP contribution in [0.3, 0.4) is 0 Å². The lowest BCUT2D eigenvalue weighted by atomic mass is 9.99. The zero-order chi connectivity index (χ0) is 34.4. The highest BCUT2D eigenvalue weighted by atomic mass is 32.2. The molecule has 15 heteroatoms. The second-order valence-corrected chi connectivity index (χ2v) is 12.5. The fraction of sp³-hybridized carbons (Fsp3) is 0.0882. The number of fused-ring (bicyclic) bond motifs is 2. The van der Waals surface area contributed by atoms with E-state index in [9.17, 15) is 33.3 Å². The van der Waals surface area contributed by atoms with Gasteiger partial charge in [-0.3, -0.25) is 9.59 Å². The number of benzene rings is 4. The van der Waals surface area contributed by atoms with Gasteiger partial charge in [0, 0.05) is 35.4 Å². The predicted octanol–water partition coefficient (Wildman–Crippen LogP) is 4.95. The third kappa shape index (κ3) is 5.82. The Labute approximate surface area is 276 Å². The first-order chi connectivity index (χ1) is 23.5. The van der Waals surface area contributed by atoms with Crippen LogP contribution < -0.4 is 24.4 Å². The molecule has 0 fully saturated rings. The summed E-state index contributed by atoms with van der Waals surface area (Å²) >= 11 is 0. The first kappa shape index (κ1) is 31.1. The van der Waals surface area contributed by atoms with Crippen LogP contribution in [-0.4, -0.2) is 41.9 Å². The Bertz CT molecular complexity index is 2420. The monoisotopic (exact) mass is 684 g/mol. The number of phenolic OH excluding ortho intramolecular Hbond substituents is 3. The van der Waals surface area contributed by atoms with E-state index in [-0.39, 0.29) is 56.1 Å². The van der Waals surface area contributed by atoms with E-state index in [4.69, 9.17) is 23.2 Å². The van der Waals surface area contributed by atoms with Crippen molar-refractivity contribution in [1.29, 1.82) is 0 Å². The summed E-state index contributed by atoms with van der Waals surface area (Å²) in [5.74, 6) is -1.65. The molecule has 248 valence electrons. The fourth-order valence-corrected chi connectivity index (χ4v) is 6.31. The largest absolute Gasteiger partial charge is 0.508 e. The van der Waals surface area contributed by atoms with Gasteiger partial charge in [-0.05, 0) is 42.5 Å². The van der Waals surface area contributed by atoms with Crippen molar-refractivity contribution in [2.24, 2.45) is 0 Å². The van der Waals surface area contributed by atoms with Gasteiger partial charge in [0.15, 0.2) is 40.6 Å². The Balaban J connectivity index is 1.25. The van der Waals surface area contributed by atoms with Crippen molar-refractivity contribution in [3.8, 4) is 45.8 Å². The van der Waals surface area contributed by atoms with Crippen LogP contribution in [0.15, 0.2) is 110 Å². The average molecular weight is 685 g/mol. The van der Waals surface area contributed by atoms with Crippen LogP contribution in [0, 0.1) is 0 Å². The maximum absolute atomic E-state index is 12.9. The highest BCUT2D eigenvalue weighted by molar-refractivity contribution is 7.90. The van der Waals surface area contributed by atoms with Gasteiger partial charge >= 0.3 is 5.91 Å². The summed E-state index contributed by atoms with van der Waals surface area (Å²) < 4.78 is 56.5. The lowest BCUT2D eigenvalue weighted by Crippen LogP contribution is -2.30. The van der Waals surface area contributed by atoms with Crippen molar-refractivity contribution in [1.82, 2.24) is 9.88 Å². The Kier molecular flexibility index (Phi) is 7.60. The van der Waals surface area contributed by atoms with Crippen molar-refractivity contribution < 1.29 is 51.7 Å². The molecule has 7 rings (SSSR count). The maximum Gasteiger partial charge on any atom is 0.303 e. The molecule has 49 heavy (non-hydrogen) atoms. The number of rotatable bonds is 7. The summed E-state index contributed by atoms with van der Waals surface area (Å²) in [5.41, 5.74) is 0.352. The Morgan fingerprint density at radius 2 is 1.63 bits per heavy atom. The van der Waals surface area contributed by atoms with Gasteiger partial charge in [0.05, 0.1) is 12.0 Å². The molecule has 0 aliphatic carbocycles. The van der Waals surface area contributed by atoms with Gasteiger partial charge in [-0.2, -0.15) is 0 Å². The molecule has 1 amide bonds. The zero-order valence-corrected chi connectivity index (χ0v) is 26.0. The van der Waals surface area contributed by atoms with Crippen LogP contribution in [-0.2, 0) is 10.0 Å². The number of carbonyl (C=O) groups excluding carboxylic acids is 1. The van der Waals surface area contributed by atoms with Gasteiger partial charge in [-0.15, -0.1) is 0 Å². The quantitative estimate of drug-likeness (QED) is 0.176. The molecule has 1 aliphatic rings. The van der Waals surface area contributed by atoms with Crippen LogP contribution in [0.1, 0.15) is 34.0 Å². The number of nitrogens with zero attached hydrogens (tertiary/aromatic N) is 1. The lowest BCUT2D eigenvalue weighted by molar-refractivity contribution is 0.0142. The summed E-state index contributed by atoms with van der Waals surface area (Å²) in [7, 11) is -2.83. The lowest BCUT2D eigenvalue weighted by Gasteiger charge is -2.33. The summed E-state index contributed by atoms with van der Waals surface area (Å²) in [4.78, 5) is 25.6. The topological polar surface area (TPSA) is 208 Å². The summed E-state index contributed by atoms with van der Waals surface area (Å²) in [6.45, 7) is 0. The zero-order valence-electron chi connectivity index (χ0n) is 25.2. The standard InChI is InChI=1S/C34H24N2O12S/c1-44-27-12-18(7-9-22(27)38)32-33(21-15-30(48-35-21)34(41)36-49(42,43)20-5-3-2-4-6-20)46-25-10-8-17(11-28(25)47-32)26-16-24(40)31-23(39)13-19(37)14-29(31)45-26/h2-16,32-33,37-39H,1H3,(H,36,41). The Morgan fingerprint density at radius 1 is 0.857 bits per heavy atom. The number of nitrogens with one attached hydrogen (secondary N) is 1. The van der Waals surface area contributed by atoms with Crippen molar-refractivity contribution in [2.45, 2.75) is 17.1 Å². The van der Waals surface area contributed by atoms with Crippen molar-refractivity contribution >= 4 is 26.9 Å². The van der Waals surface area contributed by atoms with Crippen LogP contribution in [0.2, 0.25) is 0 Å². The number of hydrogen-bond acceptors (Lipinski definition) is 13. The van der Waals surface area contributed by atoms with E-state index >= 15 is 0 Å². The molecular weight excluding hydrogens is 660 g/mol. The molecule has 0 saturated carbocycles. The van der Waals surface area contributed by atoms with E-state index in [0.717, 1.165) is 6.07 Å². The van der Waals surface area contributed by atoms with Crippen LogP contribution in [0.25, 0.3) is 22.3 Å². The molecule has 4 N–H and O–H groups in total. The molecule has 0 bridgehead atoms. The highest BCUT2D eigenvalue weighted by Crippen LogP contribution is 2.48. The molecule has 2 aromatic heterocycles. The van der Waals surface area contributed by atoms with Gasteiger partial charge in [-0.1, -0.05) is 29.4 Å². The third-order valence-electron chi connectivity index (χ3n) is 7.66. The second-order valence-electron chi connectivity index (χ2n) is 10.8. The Hall–Kier alpha value is -6.48.